The van der Waals surface area contributed by atoms with E-state index < -0.39 is 0 Å². The topological polar surface area (TPSA) is 55.3 Å². The van der Waals surface area contributed by atoms with E-state index in [0.29, 0.717) is 17.7 Å². The largest absolute Gasteiger partial charge is 0.497 e. The van der Waals surface area contributed by atoms with Crippen molar-refractivity contribution < 1.29 is 9.53 Å². The number of amides is 1. The van der Waals surface area contributed by atoms with Gasteiger partial charge in [-0.2, -0.15) is 0 Å². The zero-order valence-electron chi connectivity index (χ0n) is 14.5. The third-order valence-corrected chi connectivity index (χ3v) is 6.17. The SMILES string of the molecule is COc1ccc(Cc2nnc(C3CCN(C(=O)C4CC4)CC3)s2)cc1. The van der Waals surface area contributed by atoms with Gasteiger partial charge in [0.25, 0.3) is 0 Å². The van der Waals surface area contributed by atoms with Crippen molar-refractivity contribution in [3.05, 3.63) is 39.8 Å². The Morgan fingerprint density at radius 2 is 1.88 bits per heavy atom. The maximum absolute atomic E-state index is 12.1. The number of likely N-dealkylation sites (tertiary alicyclic amines) is 1. The molecule has 1 saturated heterocycles. The van der Waals surface area contributed by atoms with Gasteiger partial charge >= 0.3 is 0 Å². The highest BCUT2D eigenvalue weighted by Gasteiger charge is 2.35. The fourth-order valence-electron chi connectivity index (χ4n) is 3.36. The molecule has 5 nitrogen and oxygen atoms in total. The average molecular weight is 357 g/mol. The first-order valence-corrected chi connectivity index (χ1v) is 9.78. The first-order chi connectivity index (χ1) is 12.2. The van der Waals surface area contributed by atoms with E-state index in [2.05, 4.69) is 22.3 Å². The number of benzene rings is 1. The molecule has 0 radical (unpaired) electrons. The minimum absolute atomic E-state index is 0.328. The van der Waals surface area contributed by atoms with Crippen LogP contribution in [0.5, 0.6) is 5.75 Å². The lowest BCUT2D eigenvalue weighted by Crippen LogP contribution is -2.38. The fourth-order valence-corrected chi connectivity index (χ4v) is 4.40. The third-order valence-electron chi connectivity index (χ3n) is 5.08. The molecule has 4 rings (SSSR count). The van der Waals surface area contributed by atoms with Gasteiger partial charge in [-0.1, -0.05) is 12.1 Å². The molecule has 2 aliphatic rings. The van der Waals surface area contributed by atoms with Crippen LogP contribution < -0.4 is 4.74 Å². The van der Waals surface area contributed by atoms with Gasteiger partial charge in [0.2, 0.25) is 5.91 Å². The lowest BCUT2D eigenvalue weighted by molar-refractivity contribution is -0.133. The number of methoxy groups -OCH3 is 1. The Bertz CT molecular complexity index is 731. The monoisotopic (exact) mass is 357 g/mol. The summed E-state index contributed by atoms with van der Waals surface area (Å²) in [6, 6.07) is 8.09. The molecule has 0 unspecified atom stereocenters. The molecular formula is C19H23N3O2S. The second-order valence-corrected chi connectivity index (χ2v) is 8.03. The molecule has 132 valence electrons. The van der Waals surface area contributed by atoms with Gasteiger partial charge in [-0.05, 0) is 43.4 Å². The Kier molecular flexibility index (Phi) is 4.70. The molecule has 0 bridgehead atoms. The first-order valence-electron chi connectivity index (χ1n) is 8.97. The molecule has 1 aliphatic carbocycles. The van der Waals surface area contributed by atoms with Gasteiger partial charge in [-0.3, -0.25) is 4.79 Å². The standard InChI is InChI=1S/C19H23N3O2S/c1-24-16-6-2-13(3-7-16)12-17-20-21-18(25-17)14-8-10-22(11-9-14)19(23)15-4-5-15/h2-3,6-7,14-15H,4-5,8-12H2,1H3. The highest BCUT2D eigenvalue weighted by Crippen LogP contribution is 2.35. The van der Waals surface area contributed by atoms with Gasteiger partial charge in [-0.25, -0.2) is 0 Å². The number of aromatic nitrogens is 2. The smallest absolute Gasteiger partial charge is 0.225 e. The van der Waals surface area contributed by atoms with Crippen LogP contribution >= 0.6 is 11.3 Å². The summed E-state index contributed by atoms with van der Waals surface area (Å²) in [7, 11) is 1.68. The summed E-state index contributed by atoms with van der Waals surface area (Å²) in [5.41, 5.74) is 1.22. The van der Waals surface area contributed by atoms with Gasteiger partial charge in [0, 0.05) is 31.3 Å². The maximum atomic E-state index is 12.1. The molecule has 1 aliphatic heterocycles. The van der Waals surface area contributed by atoms with Gasteiger partial charge in [0.1, 0.15) is 15.8 Å². The van der Waals surface area contributed by atoms with E-state index in [9.17, 15) is 4.79 Å². The van der Waals surface area contributed by atoms with Gasteiger partial charge < -0.3 is 9.64 Å². The molecular weight excluding hydrogens is 334 g/mol. The number of piperidine rings is 1. The van der Waals surface area contributed by atoms with Crippen LogP contribution in [0.1, 0.15) is 47.2 Å². The quantitative estimate of drug-likeness (QED) is 0.824. The van der Waals surface area contributed by atoms with Crippen LogP contribution in [0.3, 0.4) is 0 Å². The molecule has 2 heterocycles. The first kappa shape index (κ1) is 16.5. The molecule has 2 fully saturated rings. The van der Waals surface area contributed by atoms with Crippen molar-refractivity contribution in [1.29, 1.82) is 0 Å². The van der Waals surface area contributed by atoms with Gasteiger partial charge in [0.15, 0.2) is 0 Å². The van der Waals surface area contributed by atoms with Crippen molar-refractivity contribution in [2.45, 2.75) is 38.0 Å². The highest BCUT2D eigenvalue weighted by molar-refractivity contribution is 7.11. The summed E-state index contributed by atoms with van der Waals surface area (Å²) in [5.74, 6) is 2.02. The Labute approximate surface area is 152 Å². The van der Waals surface area contributed by atoms with Crippen LogP contribution in [-0.2, 0) is 11.2 Å². The summed E-state index contributed by atoms with van der Waals surface area (Å²) < 4.78 is 5.19. The van der Waals surface area contributed by atoms with Crippen LogP contribution in [0.2, 0.25) is 0 Å². The average Bonchev–Trinajstić information content (AvgIpc) is 3.41. The van der Waals surface area contributed by atoms with E-state index in [1.165, 1.54) is 5.56 Å². The fraction of sp³-hybridized carbons (Fsp3) is 0.526. The lowest BCUT2D eigenvalue weighted by atomic mass is 9.97. The Morgan fingerprint density at radius 3 is 2.52 bits per heavy atom. The highest BCUT2D eigenvalue weighted by atomic mass is 32.1. The summed E-state index contributed by atoms with van der Waals surface area (Å²) in [6.07, 6.45) is 5.00. The van der Waals surface area contributed by atoms with E-state index in [-0.39, 0.29) is 0 Å². The molecule has 0 spiro atoms. The van der Waals surface area contributed by atoms with Crippen molar-refractivity contribution in [2.75, 3.05) is 20.2 Å². The minimum atomic E-state index is 0.328. The van der Waals surface area contributed by atoms with Gasteiger partial charge in [0.05, 0.1) is 7.11 Å². The number of carbonyl (C=O) groups is 1. The predicted molar refractivity (Wildman–Crippen MR) is 97.0 cm³/mol. The maximum Gasteiger partial charge on any atom is 0.225 e. The zero-order valence-corrected chi connectivity index (χ0v) is 15.3. The lowest BCUT2D eigenvalue weighted by Gasteiger charge is -2.31. The molecule has 1 aromatic carbocycles. The third kappa shape index (κ3) is 3.84. The second kappa shape index (κ2) is 7.12. The van der Waals surface area contributed by atoms with E-state index in [1.54, 1.807) is 18.4 Å². The number of ether oxygens (including phenoxy) is 1. The van der Waals surface area contributed by atoms with Crippen molar-refractivity contribution >= 4 is 17.2 Å². The van der Waals surface area contributed by atoms with Crippen molar-refractivity contribution in [3.8, 4) is 5.75 Å². The van der Waals surface area contributed by atoms with Gasteiger partial charge in [-0.15, -0.1) is 21.5 Å². The van der Waals surface area contributed by atoms with Crippen LogP contribution in [0.4, 0.5) is 0 Å². The minimum Gasteiger partial charge on any atom is -0.497 e. The molecule has 2 aromatic rings. The summed E-state index contributed by atoms with van der Waals surface area (Å²) in [5, 5.41) is 11.0. The number of hydrogen-bond donors (Lipinski definition) is 0. The molecule has 0 N–H and O–H groups in total. The van der Waals surface area contributed by atoms with Crippen molar-refractivity contribution in [1.82, 2.24) is 15.1 Å². The van der Waals surface area contributed by atoms with Crippen LogP contribution in [-0.4, -0.2) is 41.2 Å². The molecule has 6 heteroatoms. The van der Waals surface area contributed by atoms with E-state index in [0.717, 1.165) is 61.0 Å². The Morgan fingerprint density at radius 1 is 1.16 bits per heavy atom. The number of nitrogens with zero attached hydrogens (tertiary/aromatic N) is 3. The summed E-state index contributed by atoms with van der Waals surface area (Å²) in [6.45, 7) is 1.74. The summed E-state index contributed by atoms with van der Waals surface area (Å²) >= 11 is 1.72. The molecule has 1 saturated carbocycles. The van der Waals surface area contributed by atoms with Crippen molar-refractivity contribution in [3.63, 3.8) is 0 Å². The molecule has 1 aromatic heterocycles. The Hall–Kier alpha value is -1.95. The van der Waals surface area contributed by atoms with E-state index in [4.69, 9.17) is 4.74 Å². The molecule has 1 amide bonds. The second-order valence-electron chi connectivity index (χ2n) is 6.93. The van der Waals surface area contributed by atoms with E-state index in [1.807, 2.05) is 17.0 Å². The number of rotatable bonds is 5. The summed E-state index contributed by atoms with van der Waals surface area (Å²) in [4.78, 5) is 14.2. The molecule has 25 heavy (non-hydrogen) atoms. The zero-order chi connectivity index (χ0) is 17.2. The van der Waals surface area contributed by atoms with Crippen LogP contribution in [0, 0.1) is 5.92 Å². The molecule has 0 atom stereocenters. The van der Waals surface area contributed by atoms with Crippen LogP contribution in [0.25, 0.3) is 0 Å². The van der Waals surface area contributed by atoms with Crippen molar-refractivity contribution in [2.24, 2.45) is 5.92 Å². The normalized spacial score (nSPS) is 18.4. The van der Waals surface area contributed by atoms with Crippen LogP contribution in [0.15, 0.2) is 24.3 Å². The number of carbonyl (C=O) groups excluding carboxylic acids is 1. The Balaban J connectivity index is 1.34. The van der Waals surface area contributed by atoms with E-state index >= 15 is 0 Å². The predicted octanol–water partition coefficient (Wildman–Crippen LogP) is 3.25. The number of hydrogen-bond acceptors (Lipinski definition) is 5.